The van der Waals surface area contributed by atoms with Gasteiger partial charge in [-0.05, 0) is 57.2 Å². The topological polar surface area (TPSA) is 46.6 Å². The molecule has 0 spiro atoms. The maximum Gasteiger partial charge on any atom is 0.241 e. The molecule has 0 heterocycles. The number of Topliss-reactive ketones (excluding diaryl/α,β-unsaturated/α-hetero) is 1. The zero-order valence-electron chi connectivity index (χ0n) is 15.5. The van der Waals surface area contributed by atoms with Gasteiger partial charge in [-0.15, -0.1) is 11.8 Å². The van der Waals surface area contributed by atoms with E-state index in [2.05, 4.69) is 0 Å². The Kier molecular flexibility index (Phi) is 7.04. The third-order valence-corrected chi connectivity index (χ3v) is 5.09. The molecule has 4 nitrogen and oxygen atoms in total. The van der Waals surface area contributed by atoms with Gasteiger partial charge < -0.3 is 4.74 Å². The molecule has 0 aliphatic carbocycles. The van der Waals surface area contributed by atoms with Gasteiger partial charge >= 0.3 is 0 Å². The smallest absolute Gasteiger partial charge is 0.241 e. The van der Waals surface area contributed by atoms with Crippen LogP contribution in [-0.2, 0) is 9.59 Å². The molecular weight excluding hydrogens is 346 g/mol. The Balaban J connectivity index is 2.23. The summed E-state index contributed by atoms with van der Waals surface area (Å²) in [5, 5.41) is 0. The third-order valence-electron chi connectivity index (χ3n) is 4.09. The van der Waals surface area contributed by atoms with Crippen LogP contribution in [-0.4, -0.2) is 24.6 Å². The van der Waals surface area contributed by atoms with Gasteiger partial charge in [0, 0.05) is 21.9 Å². The van der Waals surface area contributed by atoms with Crippen LogP contribution in [0.25, 0.3) is 0 Å². The minimum atomic E-state index is -0.0740. The van der Waals surface area contributed by atoms with E-state index in [-0.39, 0.29) is 17.4 Å². The van der Waals surface area contributed by atoms with Crippen molar-refractivity contribution in [1.82, 2.24) is 0 Å². The number of para-hydroxylation sites is 1. The summed E-state index contributed by atoms with van der Waals surface area (Å²) in [6.45, 7) is 5.07. The fraction of sp³-hybridized carbons (Fsp3) is 0.238. The summed E-state index contributed by atoms with van der Waals surface area (Å²) in [5.74, 6) is 0.931. The largest absolute Gasteiger partial charge is 0.497 e. The van der Waals surface area contributed by atoms with Gasteiger partial charge in [0.05, 0.1) is 12.9 Å². The van der Waals surface area contributed by atoms with Crippen LogP contribution in [0.1, 0.15) is 20.8 Å². The Bertz CT molecular complexity index is 798. The first-order valence-electron chi connectivity index (χ1n) is 8.27. The molecular formula is C21H23NO3S. The Hall–Kier alpha value is -2.53. The van der Waals surface area contributed by atoms with Crippen LogP contribution >= 0.6 is 11.8 Å². The predicted octanol–water partition coefficient (Wildman–Crippen LogP) is 4.70. The molecule has 0 aromatic heterocycles. The van der Waals surface area contributed by atoms with E-state index < -0.39 is 0 Å². The van der Waals surface area contributed by atoms with E-state index in [0.29, 0.717) is 11.3 Å². The summed E-state index contributed by atoms with van der Waals surface area (Å²) >= 11 is 1.45. The maximum atomic E-state index is 12.9. The quantitative estimate of drug-likeness (QED) is 0.524. The molecule has 0 N–H and O–H groups in total. The standard InChI is InChI=1S/C21H23NO3S/c1-15(17(3)23)16(2)22(18-8-6-5-7-9-18)21(24)14-26-20-12-10-19(25-4)11-13-20/h5-13H,14H2,1-4H3/b16-15+. The molecule has 0 atom stereocenters. The molecule has 0 saturated heterocycles. The Morgan fingerprint density at radius 1 is 0.962 bits per heavy atom. The second-order valence-electron chi connectivity index (χ2n) is 5.80. The minimum absolute atomic E-state index is 0.0426. The van der Waals surface area contributed by atoms with Crippen molar-refractivity contribution in [2.24, 2.45) is 0 Å². The van der Waals surface area contributed by atoms with Gasteiger partial charge in [0.1, 0.15) is 5.75 Å². The first-order valence-corrected chi connectivity index (χ1v) is 9.26. The summed E-state index contributed by atoms with van der Waals surface area (Å²) < 4.78 is 5.15. The number of rotatable bonds is 7. The van der Waals surface area contributed by atoms with Crippen LogP contribution in [0, 0.1) is 0 Å². The summed E-state index contributed by atoms with van der Waals surface area (Å²) in [6.07, 6.45) is 0. The van der Waals surface area contributed by atoms with E-state index in [1.165, 1.54) is 18.7 Å². The van der Waals surface area contributed by atoms with Crippen LogP contribution in [0.15, 0.2) is 70.8 Å². The van der Waals surface area contributed by atoms with E-state index in [0.717, 1.165) is 16.3 Å². The van der Waals surface area contributed by atoms with Gasteiger partial charge in [-0.3, -0.25) is 14.5 Å². The van der Waals surface area contributed by atoms with Crippen molar-refractivity contribution >= 4 is 29.1 Å². The van der Waals surface area contributed by atoms with E-state index in [1.807, 2.05) is 54.6 Å². The van der Waals surface area contributed by atoms with Crippen molar-refractivity contribution in [3.8, 4) is 5.75 Å². The van der Waals surface area contributed by atoms with E-state index in [4.69, 9.17) is 4.74 Å². The fourth-order valence-corrected chi connectivity index (χ4v) is 3.15. The van der Waals surface area contributed by atoms with Crippen LogP contribution in [0.5, 0.6) is 5.75 Å². The lowest BCUT2D eigenvalue weighted by atomic mass is 10.1. The monoisotopic (exact) mass is 369 g/mol. The van der Waals surface area contributed by atoms with E-state index in [1.54, 1.807) is 25.9 Å². The predicted molar refractivity (Wildman–Crippen MR) is 107 cm³/mol. The number of nitrogens with zero attached hydrogens (tertiary/aromatic N) is 1. The fourth-order valence-electron chi connectivity index (χ4n) is 2.41. The van der Waals surface area contributed by atoms with Crippen molar-refractivity contribution < 1.29 is 14.3 Å². The molecule has 0 unspecified atom stereocenters. The lowest BCUT2D eigenvalue weighted by molar-refractivity contribution is -0.115. The number of carbonyl (C=O) groups excluding carboxylic acids is 2. The average molecular weight is 369 g/mol. The van der Waals surface area contributed by atoms with Gasteiger partial charge in [0.15, 0.2) is 5.78 Å². The molecule has 0 radical (unpaired) electrons. The molecule has 2 rings (SSSR count). The molecule has 0 aliphatic heterocycles. The molecule has 2 aromatic rings. The number of amides is 1. The van der Waals surface area contributed by atoms with Crippen LogP contribution in [0.4, 0.5) is 5.69 Å². The summed E-state index contributed by atoms with van der Waals surface area (Å²) in [5.41, 5.74) is 1.99. The molecule has 2 aromatic carbocycles. The van der Waals surface area contributed by atoms with Crippen molar-refractivity contribution in [1.29, 1.82) is 0 Å². The normalized spacial score (nSPS) is 11.5. The molecule has 5 heteroatoms. The molecule has 0 fully saturated rings. The first-order chi connectivity index (χ1) is 12.4. The molecule has 136 valence electrons. The minimum Gasteiger partial charge on any atom is -0.497 e. The van der Waals surface area contributed by atoms with E-state index >= 15 is 0 Å². The lowest BCUT2D eigenvalue weighted by Crippen LogP contribution is -2.32. The Morgan fingerprint density at radius 3 is 2.12 bits per heavy atom. The van der Waals surface area contributed by atoms with E-state index in [9.17, 15) is 9.59 Å². The average Bonchev–Trinajstić information content (AvgIpc) is 2.67. The summed E-state index contributed by atoms with van der Waals surface area (Å²) in [7, 11) is 1.62. The zero-order valence-corrected chi connectivity index (χ0v) is 16.3. The van der Waals surface area contributed by atoms with Gasteiger partial charge in [-0.1, -0.05) is 18.2 Å². The number of carbonyl (C=O) groups is 2. The number of thioether (sulfide) groups is 1. The zero-order chi connectivity index (χ0) is 19.1. The van der Waals surface area contributed by atoms with Gasteiger partial charge in [0.2, 0.25) is 5.91 Å². The van der Waals surface area contributed by atoms with Crippen molar-refractivity contribution in [3.63, 3.8) is 0 Å². The number of ketones is 1. The van der Waals surface area contributed by atoms with Crippen molar-refractivity contribution in [2.75, 3.05) is 17.8 Å². The molecule has 26 heavy (non-hydrogen) atoms. The van der Waals surface area contributed by atoms with Gasteiger partial charge in [-0.25, -0.2) is 0 Å². The SMILES string of the molecule is COc1ccc(SCC(=O)N(/C(C)=C(\C)C(C)=O)c2ccccc2)cc1. The maximum absolute atomic E-state index is 12.9. The Labute approximate surface area is 158 Å². The number of ether oxygens (including phenoxy) is 1. The highest BCUT2D eigenvalue weighted by Crippen LogP contribution is 2.26. The highest BCUT2D eigenvalue weighted by molar-refractivity contribution is 8.00. The summed E-state index contributed by atoms with van der Waals surface area (Å²) in [4.78, 5) is 27.3. The number of hydrogen-bond acceptors (Lipinski definition) is 4. The molecule has 0 aliphatic rings. The second-order valence-corrected chi connectivity index (χ2v) is 6.84. The van der Waals surface area contributed by atoms with Crippen LogP contribution < -0.4 is 9.64 Å². The molecule has 1 amide bonds. The number of anilines is 1. The van der Waals surface area contributed by atoms with Crippen LogP contribution in [0.2, 0.25) is 0 Å². The van der Waals surface area contributed by atoms with Crippen molar-refractivity contribution in [3.05, 3.63) is 65.9 Å². The Morgan fingerprint density at radius 2 is 1.58 bits per heavy atom. The highest BCUT2D eigenvalue weighted by atomic mass is 32.2. The third kappa shape index (κ3) is 4.99. The summed E-state index contributed by atoms with van der Waals surface area (Å²) in [6, 6.07) is 17.0. The number of allylic oxidation sites excluding steroid dienone is 2. The number of methoxy groups -OCH3 is 1. The second kappa shape index (κ2) is 9.25. The van der Waals surface area contributed by atoms with Crippen LogP contribution in [0.3, 0.4) is 0 Å². The highest BCUT2D eigenvalue weighted by Gasteiger charge is 2.20. The van der Waals surface area contributed by atoms with Gasteiger partial charge in [-0.2, -0.15) is 0 Å². The first kappa shape index (κ1) is 19.8. The van der Waals surface area contributed by atoms with Gasteiger partial charge in [0.25, 0.3) is 0 Å². The number of benzene rings is 2. The molecule has 0 bridgehead atoms. The number of hydrogen-bond donors (Lipinski definition) is 0. The molecule has 0 saturated carbocycles. The lowest BCUT2D eigenvalue weighted by Gasteiger charge is -2.25. The van der Waals surface area contributed by atoms with Crippen molar-refractivity contribution in [2.45, 2.75) is 25.7 Å².